The zero-order valence-corrected chi connectivity index (χ0v) is 56.3. The summed E-state index contributed by atoms with van der Waals surface area (Å²) >= 11 is 12.3. The van der Waals surface area contributed by atoms with Gasteiger partial charge in [0.25, 0.3) is 0 Å². The van der Waals surface area contributed by atoms with Crippen LogP contribution < -0.4 is 35.8 Å². The van der Waals surface area contributed by atoms with Gasteiger partial charge >= 0.3 is 0 Å². The number of hydrogen-bond acceptors (Lipinski definition) is 15. The summed E-state index contributed by atoms with van der Waals surface area (Å²) < 4.78 is 37.8. The van der Waals surface area contributed by atoms with Gasteiger partial charge < -0.3 is 42.8 Å². The molecule has 2 N–H and O–H groups in total. The number of aryl methyl sites for hydroxylation is 4. The van der Waals surface area contributed by atoms with Gasteiger partial charge in [-0.15, -0.1) is 11.6 Å². The van der Waals surface area contributed by atoms with Crippen molar-refractivity contribution in [2.45, 2.75) is 104 Å². The van der Waals surface area contributed by atoms with Crippen LogP contribution in [0.5, 0.6) is 28.7 Å². The number of amides is 1. The molecule has 4 aromatic heterocycles. The number of alkyl halides is 1. The number of aromatic nitrogens is 1. The molecule has 482 valence electrons. The number of pyridine rings is 1. The lowest BCUT2D eigenvalue weighted by atomic mass is 10.1. The van der Waals surface area contributed by atoms with Gasteiger partial charge in [0.15, 0.2) is 34.0 Å². The summed E-state index contributed by atoms with van der Waals surface area (Å²) in [6, 6.07) is 30.9. The molecule has 0 radical (unpaired) electrons. The largest absolute Gasteiger partial charge is 0.504 e. The number of aromatic hydroxyl groups is 1. The molecule has 0 spiro atoms. The molecule has 0 unspecified atom stereocenters. The lowest BCUT2D eigenvalue weighted by Gasteiger charge is -2.16. The highest BCUT2D eigenvalue weighted by Crippen LogP contribution is 2.34. The fourth-order valence-electron chi connectivity index (χ4n) is 12.5. The van der Waals surface area contributed by atoms with Crippen molar-refractivity contribution < 1.29 is 37.4 Å². The van der Waals surface area contributed by atoms with Crippen LogP contribution in [0.15, 0.2) is 146 Å². The van der Waals surface area contributed by atoms with E-state index in [0.717, 1.165) is 95.9 Å². The Hall–Kier alpha value is -7.32. The zero-order chi connectivity index (χ0) is 64.3. The molecule has 0 bridgehead atoms. The Bertz CT molecular complexity index is 4440. The fourth-order valence-corrected chi connectivity index (χ4v) is 13.4. The second-order valence-electron chi connectivity index (χ2n) is 24.3. The monoisotopic (exact) mass is 1390 g/mol. The van der Waals surface area contributed by atoms with E-state index in [4.69, 9.17) is 39.1 Å². The van der Waals surface area contributed by atoms with Crippen LogP contribution in [0.3, 0.4) is 0 Å². The van der Waals surface area contributed by atoms with Crippen LogP contribution in [0.1, 0.15) is 93.0 Å². The third-order valence-corrected chi connectivity index (χ3v) is 18.4. The van der Waals surface area contributed by atoms with Crippen molar-refractivity contribution >= 4 is 115 Å². The molecule has 1 amide bonds. The number of halogens is 3. The predicted octanol–water partition coefficient (Wildman–Crippen LogP) is 15.4. The molecule has 16 nitrogen and oxygen atoms in total. The van der Waals surface area contributed by atoms with Crippen molar-refractivity contribution in [3.63, 3.8) is 0 Å². The van der Waals surface area contributed by atoms with Crippen molar-refractivity contribution in [1.82, 2.24) is 25.0 Å². The Kier molecular flexibility index (Phi) is 22.3. The molecule has 14 rings (SSSR count). The molecule has 1 aliphatic carbocycles. The predicted molar refractivity (Wildman–Crippen MR) is 373 cm³/mol. The van der Waals surface area contributed by atoms with Crippen LogP contribution in [-0.2, 0) is 11.2 Å². The first-order valence-corrected chi connectivity index (χ1v) is 34.2. The Labute approximate surface area is 556 Å². The number of carbonyl (C=O) groups is 1. The van der Waals surface area contributed by atoms with E-state index >= 15 is 0 Å². The van der Waals surface area contributed by atoms with Crippen LogP contribution in [0.25, 0.3) is 65.8 Å². The summed E-state index contributed by atoms with van der Waals surface area (Å²) in [6.07, 6.45) is 15.0. The Morgan fingerprint density at radius 3 is 1.49 bits per heavy atom. The summed E-state index contributed by atoms with van der Waals surface area (Å²) in [6.45, 7) is 16.8. The number of carbonyl (C=O) groups excluding carboxylic acids is 1. The quantitative estimate of drug-likeness (QED) is 0.0686. The minimum Gasteiger partial charge on any atom is -0.504 e. The number of fused-ring (bicyclic) bond motifs is 6. The smallest absolute Gasteiger partial charge is 0.220 e. The number of phenols is 1. The highest BCUT2D eigenvalue weighted by atomic mass is 79.9. The molecule has 3 saturated heterocycles. The van der Waals surface area contributed by atoms with Gasteiger partial charge in [0.2, 0.25) is 22.2 Å². The van der Waals surface area contributed by atoms with Gasteiger partial charge in [-0.25, -0.2) is 0 Å². The molecular formula is C73H78Br2ClN5O11. The minimum atomic E-state index is -0.127. The number of likely N-dealkylation sites (tertiary alicyclic amines) is 3. The van der Waals surface area contributed by atoms with Crippen molar-refractivity contribution in [3.8, 4) is 28.7 Å². The molecule has 92 heavy (non-hydrogen) atoms. The van der Waals surface area contributed by atoms with Gasteiger partial charge in [-0.05, 0) is 232 Å². The normalized spacial score (nSPS) is 15.4. The number of benzene rings is 6. The van der Waals surface area contributed by atoms with Crippen molar-refractivity contribution in [2.24, 2.45) is 0 Å². The average Bonchev–Trinajstić information content (AvgIpc) is 0.868. The van der Waals surface area contributed by atoms with Gasteiger partial charge in [-0.3, -0.25) is 34.0 Å². The molecule has 7 heterocycles. The number of ether oxygens (including phenoxy) is 3. The highest BCUT2D eigenvalue weighted by Gasteiger charge is 2.21. The van der Waals surface area contributed by atoms with Gasteiger partial charge in [-0.1, -0.05) is 44.7 Å². The maximum Gasteiger partial charge on any atom is 0.220 e. The van der Waals surface area contributed by atoms with Crippen LogP contribution in [0.2, 0.25) is 0 Å². The lowest BCUT2D eigenvalue weighted by molar-refractivity contribution is -0.121. The van der Waals surface area contributed by atoms with Crippen LogP contribution >= 0.6 is 43.5 Å². The number of nitrogens with zero attached hydrogens (tertiary/aromatic N) is 4. The molecule has 4 fully saturated rings. The molecule has 6 aromatic carbocycles. The first kappa shape index (κ1) is 66.1. The van der Waals surface area contributed by atoms with E-state index in [-0.39, 0.29) is 33.5 Å². The molecule has 10 aromatic rings. The maximum absolute atomic E-state index is 13.4. The van der Waals surface area contributed by atoms with Crippen LogP contribution in [-0.4, -0.2) is 115 Å². The van der Waals surface area contributed by atoms with Gasteiger partial charge in [0.1, 0.15) is 41.5 Å². The standard InChI is InChI=1S/C33H37N3O5.C20H20BrNO3.C14H9BrO3.C6H12ClN/c1-22-18-28-32(38)27-12-11-25(20-29(27)41-33(28)30(19-22)39-17-16-36-14-4-5-15-36)40-26-10-8-23(34-21-26)9-13-31(37)35-24-6-2-3-7-24;1-13-10-16-19(23)15-5-4-14(21)12-17(15)25-20(16)18(11-13)24-9-8-22-6-2-3-7-22;1-7-4-10-13(17)9-3-2-8(15)6-12(9)18-14(10)11(16)5-7;7-3-6-8-4-1-2-5-8/h8,10-12,18-21,24H,2-7,9,13-17H2,1H3,(H,35,37);4-5,10-12H,2-3,6-9H2,1H3;2-6,16H,1H3;1-6H2. The van der Waals surface area contributed by atoms with E-state index < -0.39 is 0 Å². The first-order chi connectivity index (χ1) is 44.6. The summed E-state index contributed by atoms with van der Waals surface area (Å²) in [4.78, 5) is 62.5. The molecular weight excluding hydrogens is 1320 g/mol. The Morgan fingerprint density at radius 1 is 0.554 bits per heavy atom. The van der Waals surface area contributed by atoms with E-state index in [1.54, 1.807) is 60.8 Å². The summed E-state index contributed by atoms with van der Waals surface area (Å²) in [5, 5.41) is 16.1. The van der Waals surface area contributed by atoms with Crippen molar-refractivity contribution in [2.75, 3.05) is 78.0 Å². The number of nitrogens with one attached hydrogen (secondary N) is 1. The summed E-state index contributed by atoms with van der Waals surface area (Å²) in [5.41, 5.74) is 6.04. The number of rotatable bonds is 16. The van der Waals surface area contributed by atoms with Gasteiger partial charge in [0.05, 0.1) is 38.5 Å². The second-order valence-corrected chi connectivity index (χ2v) is 26.6. The van der Waals surface area contributed by atoms with Crippen LogP contribution in [0.4, 0.5) is 0 Å². The molecule has 19 heteroatoms. The molecule has 3 aliphatic heterocycles. The lowest BCUT2D eigenvalue weighted by Crippen LogP contribution is -2.32. The summed E-state index contributed by atoms with van der Waals surface area (Å²) in [5.74, 6) is 3.19. The average molecular weight is 1400 g/mol. The topological polar surface area (TPSA) is 190 Å². The Balaban J connectivity index is 0.000000143. The van der Waals surface area contributed by atoms with Gasteiger partial charge in [-0.2, -0.15) is 0 Å². The Morgan fingerprint density at radius 2 is 1.00 bits per heavy atom. The van der Waals surface area contributed by atoms with Gasteiger partial charge in [0, 0.05) is 58.7 Å². The third kappa shape index (κ3) is 16.7. The van der Waals surface area contributed by atoms with Crippen molar-refractivity contribution in [3.05, 3.63) is 171 Å². The van der Waals surface area contributed by atoms with E-state index in [1.165, 1.54) is 64.5 Å². The van der Waals surface area contributed by atoms with Crippen molar-refractivity contribution in [1.29, 1.82) is 0 Å². The third-order valence-electron chi connectivity index (χ3n) is 17.2. The fraction of sp³-hybridized carbons (Fsp3) is 0.384. The first-order valence-electron chi connectivity index (χ1n) is 32.1. The second kappa shape index (κ2) is 31.1. The van der Waals surface area contributed by atoms with E-state index in [9.17, 15) is 24.3 Å². The summed E-state index contributed by atoms with van der Waals surface area (Å²) in [7, 11) is 0. The number of phenolic OH excluding ortho intramolecular Hbond substituents is 1. The van der Waals surface area contributed by atoms with E-state index in [0.29, 0.717) is 115 Å². The molecule has 1 saturated carbocycles. The van der Waals surface area contributed by atoms with Crippen LogP contribution in [0, 0.1) is 20.8 Å². The maximum atomic E-state index is 13.4. The highest BCUT2D eigenvalue weighted by molar-refractivity contribution is 9.10. The minimum absolute atomic E-state index is 0.0102. The van der Waals surface area contributed by atoms with E-state index in [2.05, 4.69) is 56.9 Å². The zero-order valence-electron chi connectivity index (χ0n) is 52.4. The van der Waals surface area contributed by atoms with E-state index in [1.807, 2.05) is 69.3 Å². The SMILES string of the molecule is Cc1cc(O)c2oc3cc(Br)ccc3c(=O)c2c1.Cc1cc(OCCN2CCCC2)c2oc3cc(Br)ccc3c(=O)c2c1.Cc1cc(OCCN2CCCC2)c2oc3cc(Oc4ccc(CCC(=O)NC5CCCC5)nc4)ccc3c(=O)c2c1.ClCCN1CCCC1. The molecule has 0 atom stereocenters. The molecule has 4 aliphatic rings. The number of hydrogen-bond donors (Lipinski definition) is 2.